The molecule has 1 atom stereocenters. The first-order valence-corrected chi connectivity index (χ1v) is 11.9. The molecule has 0 radical (unpaired) electrons. The van der Waals surface area contributed by atoms with Crippen molar-refractivity contribution >= 4 is 33.4 Å². The second-order valence-corrected chi connectivity index (χ2v) is 10.3. The van der Waals surface area contributed by atoms with E-state index in [0.717, 1.165) is 52.2 Å². The normalized spacial score (nSPS) is 15.8. The third-order valence-electron chi connectivity index (χ3n) is 7.11. The summed E-state index contributed by atoms with van der Waals surface area (Å²) >= 11 is 0. The molecule has 0 fully saturated rings. The van der Waals surface area contributed by atoms with Crippen molar-refractivity contribution in [2.45, 2.75) is 40.0 Å². The van der Waals surface area contributed by atoms with Crippen LogP contribution in [0.2, 0.25) is 0 Å². The number of fused-ring (bicyclic) bond motifs is 3. The molecule has 1 aromatic heterocycles. The van der Waals surface area contributed by atoms with Crippen molar-refractivity contribution in [3.8, 4) is 0 Å². The maximum Gasteiger partial charge on any atom is 0.339 e. The molecule has 0 aliphatic heterocycles. The van der Waals surface area contributed by atoms with E-state index in [1.165, 1.54) is 0 Å². The molecule has 1 heterocycles. The lowest BCUT2D eigenvalue weighted by Crippen LogP contribution is -2.29. The molecule has 0 spiro atoms. The highest BCUT2D eigenvalue weighted by atomic mass is 16.5. The van der Waals surface area contributed by atoms with Crippen LogP contribution in [0.25, 0.3) is 21.7 Å². The maximum absolute atomic E-state index is 13.5. The molecule has 0 N–H and O–H groups in total. The van der Waals surface area contributed by atoms with Gasteiger partial charge in [-0.3, -0.25) is 9.78 Å². The molecule has 1 unspecified atom stereocenters. The van der Waals surface area contributed by atoms with Crippen LogP contribution in [0.15, 0.2) is 66.7 Å². The molecule has 5 rings (SSSR count). The van der Waals surface area contributed by atoms with E-state index in [1.807, 2.05) is 60.7 Å². The Morgan fingerprint density at radius 2 is 1.65 bits per heavy atom. The summed E-state index contributed by atoms with van der Waals surface area (Å²) in [6.07, 6.45) is 2.69. The second kappa shape index (κ2) is 8.68. The fraction of sp³-hybridized carbons (Fsp3) is 0.300. The number of aryl methyl sites for hydroxylation is 1. The van der Waals surface area contributed by atoms with Gasteiger partial charge in [-0.25, -0.2) is 4.79 Å². The summed E-state index contributed by atoms with van der Waals surface area (Å²) in [5, 5.41) is 2.64. The number of esters is 1. The number of carbonyl (C=O) groups excluding carboxylic acids is 2. The molecule has 0 saturated heterocycles. The van der Waals surface area contributed by atoms with Crippen molar-refractivity contribution in [3.05, 3.63) is 89.1 Å². The Labute approximate surface area is 200 Å². The van der Waals surface area contributed by atoms with E-state index in [2.05, 4.69) is 20.8 Å². The van der Waals surface area contributed by atoms with Gasteiger partial charge >= 0.3 is 5.97 Å². The summed E-state index contributed by atoms with van der Waals surface area (Å²) in [6, 6.07) is 21.1. The number of hydrogen-bond acceptors (Lipinski definition) is 4. The zero-order valence-corrected chi connectivity index (χ0v) is 19.9. The number of nitrogens with zero attached hydrogens (tertiary/aromatic N) is 1. The number of Topliss-reactive ketones (excluding diaryl/α,β-unsaturated/α-hetero) is 1. The van der Waals surface area contributed by atoms with Crippen molar-refractivity contribution in [1.29, 1.82) is 0 Å². The number of benzene rings is 3. The molecular weight excluding hydrogens is 422 g/mol. The molecule has 1 aliphatic carbocycles. The molecule has 4 heteroatoms. The number of hydrogen-bond donors (Lipinski definition) is 0. The lowest BCUT2D eigenvalue weighted by atomic mass is 9.70. The Balaban J connectivity index is 1.48. The Bertz CT molecular complexity index is 1410. The molecule has 4 nitrogen and oxygen atoms in total. The van der Waals surface area contributed by atoms with Crippen LogP contribution in [0, 0.1) is 11.3 Å². The van der Waals surface area contributed by atoms with Gasteiger partial charge in [-0.2, -0.15) is 0 Å². The van der Waals surface area contributed by atoms with Crippen molar-refractivity contribution in [2.24, 2.45) is 11.3 Å². The van der Waals surface area contributed by atoms with Gasteiger partial charge < -0.3 is 4.74 Å². The van der Waals surface area contributed by atoms with Crippen LogP contribution in [0.5, 0.6) is 0 Å². The smallest absolute Gasteiger partial charge is 0.339 e. The van der Waals surface area contributed by atoms with Gasteiger partial charge in [0, 0.05) is 16.6 Å². The van der Waals surface area contributed by atoms with E-state index >= 15 is 0 Å². The topological polar surface area (TPSA) is 56.3 Å². The number of carbonyl (C=O) groups is 2. The van der Waals surface area contributed by atoms with Crippen LogP contribution in [0.1, 0.15) is 59.2 Å². The first-order valence-electron chi connectivity index (χ1n) is 11.9. The number of rotatable bonds is 4. The number of para-hydroxylation sites is 1. The third kappa shape index (κ3) is 4.09. The summed E-state index contributed by atoms with van der Waals surface area (Å²) in [5.41, 5.74) is 4.02. The lowest BCUT2D eigenvalue weighted by Gasteiger charge is -2.35. The minimum Gasteiger partial charge on any atom is -0.454 e. The highest BCUT2D eigenvalue weighted by Gasteiger charge is 2.33. The van der Waals surface area contributed by atoms with Gasteiger partial charge in [0.2, 0.25) is 5.78 Å². The fourth-order valence-corrected chi connectivity index (χ4v) is 5.11. The Morgan fingerprint density at radius 3 is 2.44 bits per heavy atom. The van der Waals surface area contributed by atoms with Crippen molar-refractivity contribution in [2.75, 3.05) is 6.61 Å². The quantitative estimate of drug-likeness (QED) is 0.260. The number of ether oxygens (including phenoxy) is 1. The van der Waals surface area contributed by atoms with Crippen LogP contribution >= 0.6 is 0 Å². The van der Waals surface area contributed by atoms with Crippen LogP contribution in [0.4, 0.5) is 0 Å². The minimum atomic E-state index is -0.446. The van der Waals surface area contributed by atoms with Gasteiger partial charge in [0.1, 0.15) is 0 Å². The molecule has 34 heavy (non-hydrogen) atoms. The number of pyridine rings is 1. The van der Waals surface area contributed by atoms with Crippen molar-refractivity contribution < 1.29 is 14.3 Å². The molecule has 0 amide bonds. The highest BCUT2D eigenvalue weighted by Crippen LogP contribution is 2.39. The first-order chi connectivity index (χ1) is 16.3. The van der Waals surface area contributed by atoms with Crippen LogP contribution in [-0.2, 0) is 17.6 Å². The van der Waals surface area contributed by atoms with E-state index in [-0.39, 0.29) is 17.8 Å². The molecule has 4 aromatic rings. The summed E-state index contributed by atoms with van der Waals surface area (Å²) < 4.78 is 5.67. The largest absolute Gasteiger partial charge is 0.454 e. The fourth-order valence-electron chi connectivity index (χ4n) is 5.11. The van der Waals surface area contributed by atoms with Gasteiger partial charge in [-0.1, -0.05) is 81.4 Å². The molecule has 1 aliphatic rings. The van der Waals surface area contributed by atoms with Gasteiger partial charge in [0.25, 0.3) is 0 Å². The molecular formula is C30H29NO3. The minimum absolute atomic E-state index is 0.134. The summed E-state index contributed by atoms with van der Waals surface area (Å²) in [6.45, 7) is 6.45. The van der Waals surface area contributed by atoms with Crippen molar-refractivity contribution in [3.63, 3.8) is 0 Å². The Hall–Kier alpha value is -3.53. The van der Waals surface area contributed by atoms with Gasteiger partial charge in [-0.15, -0.1) is 0 Å². The van der Waals surface area contributed by atoms with E-state index in [4.69, 9.17) is 9.72 Å². The van der Waals surface area contributed by atoms with Gasteiger partial charge in [0.05, 0.1) is 11.1 Å². The summed E-state index contributed by atoms with van der Waals surface area (Å²) in [7, 11) is 0. The molecule has 172 valence electrons. The van der Waals surface area contributed by atoms with E-state index < -0.39 is 5.97 Å². The average molecular weight is 452 g/mol. The lowest BCUT2D eigenvalue weighted by molar-refractivity contribution is 0.0474. The predicted molar refractivity (Wildman–Crippen MR) is 135 cm³/mol. The van der Waals surface area contributed by atoms with Crippen LogP contribution in [0.3, 0.4) is 0 Å². The standard InChI is InChI=1S/C30H29NO3/c1-30(2,3)20-15-16-26-24(17-20)28(23-12-6-7-14-25(23)31-26)29(33)34-18-27(32)22-13-8-10-19-9-4-5-11-21(19)22/h4-14,20H,15-18H2,1-3H3. The molecule has 3 aromatic carbocycles. The predicted octanol–water partition coefficient (Wildman–Crippen LogP) is 6.58. The second-order valence-electron chi connectivity index (χ2n) is 10.3. The molecule has 0 bridgehead atoms. The van der Waals surface area contributed by atoms with E-state index in [9.17, 15) is 9.59 Å². The van der Waals surface area contributed by atoms with Crippen LogP contribution < -0.4 is 0 Å². The number of aromatic nitrogens is 1. The van der Waals surface area contributed by atoms with Gasteiger partial charge in [0.15, 0.2) is 6.61 Å². The van der Waals surface area contributed by atoms with Crippen molar-refractivity contribution in [1.82, 2.24) is 4.98 Å². The highest BCUT2D eigenvalue weighted by molar-refractivity contribution is 6.10. The zero-order valence-electron chi connectivity index (χ0n) is 19.9. The summed E-state index contributed by atoms with van der Waals surface area (Å²) in [4.78, 5) is 31.4. The Kier molecular flexibility index (Phi) is 5.68. The van der Waals surface area contributed by atoms with E-state index in [1.54, 1.807) is 6.07 Å². The maximum atomic E-state index is 13.5. The Morgan fingerprint density at radius 1 is 0.941 bits per heavy atom. The average Bonchev–Trinajstić information content (AvgIpc) is 2.84. The van der Waals surface area contributed by atoms with Gasteiger partial charge in [-0.05, 0) is 53.0 Å². The number of ketones is 1. The third-order valence-corrected chi connectivity index (χ3v) is 7.11. The first kappa shape index (κ1) is 22.3. The summed E-state index contributed by atoms with van der Waals surface area (Å²) in [5.74, 6) is -0.199. The molecule has 0 saturated carbocycles. The van der Waals surface area contributed by atoms with E-state index in [0.29, 0.717) is 17.0 Å². The monoisotopic (exact) mass is 451 g/mol. The van der Waals surface area contributed by atoms with Crippen LogP contribution in [-0.4, -0.2) is 23.3 Å². The SMILES string of the molecule is CC(C)(C)C1CCc2nc3ccccc3c(C(=O)OCC(=O)c3cccc4ccccc34)c2C1. The zero-order chi connectivity index (χ0) is 23.9.